The first-order valence-electron chi connectivity index (χ1n) is 15.9. The van der Waals surface area contributed by atoms with E-state index in [1.807, 2.05) is 0 Å². The number of rotatable bonds is 10. The van der Waals surface area contributed by atoms with Crippen LogP contribution in [-0.2, 0) is 18.8 Å². The summed E-state index contributed by atoms with van der Waals surface area (Å²) in [5, 5.41) is 2.59. The van der Waals surface area contributed by atoms with Crippen molar-refractivity contribution >= 4 is 33.2 Å². The molecule has 5 nitrogen and oxygen atoms in total. The highest BCUT2D eigenvalue weighted by molar-refractivity contribution is 5.87. The minimum atomic E-state index is 0.0951. The van der Waals surface area contributed by atoms with Crippen molar-refractivity contribution in [1.82, 2.24) is 9.13 Å². The molecular weight excluding hydrogens is 552 g/mol. The molecule has 0 amide bonds. The highest BCUT2D eigenvalue weighted by Crippen LogP contribution is 2.39. The zero-order valence-corrected chi connectivity index (χ0v) is 28.0. The molecule has 6 rings (SSSR count). The van der Waals surface area contributed by atoms with Crippen molar-refractivity contribution in [1.29, 1.82) is 0 Å². The topological polar surface area (TPSA) is 25.6 Å². The van der Waals surface area contributed by atoms with E-state index in [0.29, 0.717) is 13.2 Å². The molecule has 232 valence electrons. The molecule has 0 spiro atoms. The predicted molar refractivity (Wildman–Crippen MR) is 191 cm³/mol. The van der Waals surface area contributed by atoms with Gasteiger partial charge < -0.3 is 23.7 Å². The van der Waals surface area contributed by atoms with Crippen LogP contribution < -0.4 is 9.80 Å². The Labute approximate surface area is 268 Å². The Morgan fingerprint density at radius 2 is 0.889 bits per heavy atom. The Morgan fingerprint density at radius 3 is 1.24 bits per heavy atom. The van der Waals surface area contributed by atoms with Crippen LogP contribution >= 0.6 is 0 Å². The summed E-state index contributed by atoms with van der Waals surface area (Å²) >= 11 is 0. The van der Waals surface area contributed by atoms with E-state index in [1.165, 1.54) is 66.8 Å². The first-order chi connectivity index (χ1) is 21.7. The first-order valence-corrected chi connectivity index (χ1v) is 15.9. The maximum absolute atomic E-state index is 6.92. The molecule has 45 heavy (non-hydrogen) atoms. The monoisotopic (exact) mass is 598 g/mol. The number of hydrogen-bond acceptors (Lipinski definition) is 3. The van der Waals surface area contributed by atoms with E-state index < -0.39 is 0 Å². The Hall–Kier alpha value is -4.48. The zero-order valence-electron chi connectivity index (χ0n) is 28.0. The van der Waals surface area contributed by atoms with Gasteiger partial charge in [0.2, 0.25) is 0 Å². The molecule has 2 aromatic heterocycles. The summed E-state index contributed by atoms with van der Waals surface area (Å²) in [6.07, 6.45) is 0. The Morgan fingerprint density at radius 1 is 0.533 bits per heavy atom. The average molecular weight is 599 g/mol. The van der Waals surface area contributed by atoms with Crippen molar-refractivity contribution in [2.75, 3.05) is 51.2 Å². The number of aromatic nitrogens is 2. The van der Waals surface area contributed by atoms with Crippen molar-refractivity contribution in [3.05, 3.63) is 131 Å². The van der Waals surface area contributed by atoms with Gasteiger partial charge in [-0.15, -0.1) is 0 Å². The fourth-order valence-corrected chi connectivity index (χ4v) is 6.99. The Kier molecular flexibility index (Phi) is 8.48. The van der Waals surface area contributed by atoms with Gasteiger partial charge in [0.1, 0.15) is 0 Å². The van der Waals surface area contributed by atoms with Crippen LogP contribution in [0.5, 0.6) is 0 Å². The molecule has 5 heteroatoms. The van der Waals surface area contributed by atoms with Crippen LogP contribution in [0.25, 0.3) is 21.8 Å². The second-order valence-corrected chi connectivity index (χ2v) is 12.8. The average Bonchev–Trinajstić information content (AvgIpc) is 3.46. The number of nitrogens with zero attached hydrogens (tertiary/aromatic N) is 4. The van der Waals surface area contributed by atoms with E-state index in [9.17, 15) is 0 Å². The molecule has 0 fully saturated rings. The minimum absolute atomic E-state index is 0.0951. The standard InChI is InChI=1S/C40H46N4O/c1-27-39(33-13-9-11-15-37(33)43(27)7)35(29-17-21-31(22-18-29)41(3)4)25-45-26-36(30-19-23-32(24-20-30)42(5)6)40-28(2)44(8)38-16-12-10-14-34(38)40/h9-24,35-36H,25-26H2,1-8H3. The van der Waals surface area contributed by atoms with Gasteiger partial charge in [0.05, 0.1) is 13.2 Å². The SMILES string of the molecule is Cc1c(C(COCC(c2ccc(N(C)C)cc2)c2c(C)n(C)c3ccccc23)c2ccc(N(C)C)cc2)c2ccccc2n1C. The van der Waals surface area contributed by atoms with Crippen LogP contribution in [0.15, 0.2) is 97.1 Å². The van der Waals surface area contributed by atoms with Crippen LogP contribution in [0.1, 0.15) is 45.5 Å². The second-order valence-electron chi connectivity index (χ2n) is 12.8. The lowest BCUT2D eigenvalue weighted by Gasteiger charge is -2.24. The molecule has 0 saturated heterocycles. The molecular formula is C40H46N4O. The van der Waals surface area contributed by atoms with Gasteiger partial charge in [-0.3, -0.25) is 0 Å². The number of benzene rings is 4. The zero-order chi connectivity index (χ0) is 31.8. The van der Waals surface area contributed by atoms with Crippen molar-refractivity contribution < 1.29 is 4.74 Å². The summed E-state index contributed by atoms with van der Waals surface area (Å²) in [6.45, 7) is 5.66. The first kappa shape index (κ1) is 30.5. The fraction of sp³-hybridized carbons (Fsp3) is 0.300. The fourth-order valence-electron chi connectivity index (χ4n) is 6.99. The normalized spacial score (nSPS) is 13.0. The third kappa shape index (κ3) is 5.62. The van der Waals surface area contributed by atoms with Crippen LogP contribution in [-0.4, -0.2) is 50.5 Å². The largest absolute Gasteiger partial charge is 0.379 e. The van der Waals surface area contributed by atoms with E-state index >= 15 is 0 Å². The number of anilines is 2. The number of ether oxygens (including phenoxy) is 1. The van der Waals surface area contributed by atoms with E-state index in [-0.39, 0.29) is 11.8 Å². The van der Waals surface area contributed by atoms with E-state index in [0.717, 1.165) is 0 Å². The van der Waals surface area contributed by atoms with Gasteiger partial charge in [-0.05, 0) is 72.5 Å². The lowest BCUT2D eigenvalue weighted by atomic mass is 9.88. The van der Waals surface area contributed by atoms with Gasteiger partial charge in [-0.1, -0.05) is 60.7 Å². The van der Waals surface area contributed by atoms with E-state index in [2.05, 4.69) is 172 Å². The molecule has 0 aliphatic rings. The van der Waals surface area contributed by atoms with E-state index in [4.69, 9.17) is 4.74 Å². The number of aryl methyl sites for hydroxylation is 2. The third-order valence-electron chi connectivity index (χ3n) is 9.79. The van der Waals surface area contributed by atoms with Gasteiger partial charge in [-0.25, -0.2) is 0 Å². The molecule has 2 atom stereocenters. The maximum Gasteiger partial charge on any atom is 0.0576 e. The van der Waals surface area contributed by atoms with Crippen LogP contribution in [0.2, 0.25) is 0 Å². The van der Waals surface area contributed by atoms with Gasteiger partial charge >= 0.3 is 0 Å². The van der Waals surface area contributed by atoms with Crippen molar-refractivity contribution in [3.8, 4) is 0 Å². The third-order valence-corrected chi connectivity index (χ3v) is 9.79. The molecule has 0 N–H and O–H groups in total. The summed E-state index contributed by atoms with van der Waals surface area (Å²) in [5.41, 5.74) is 12.7. The smallest absolute Gasteiger partial charge is 0.0576 e. The van der Waals surface area contributed by atoms with Crippen molar-refractivity contribution in [2.45, 2.75) is 25.7 Å². The van der Waals surface area contributed by atoms with Gasteiger partial charge in [0.15, 0.2) is 0 Å². The van der Waals surface area contributed by atoms with Crippen LogP contribution in [0, 0.1) is 13.8 Å². The van der Waals surface area contributed by atoms with Crippen molar-refractivity contribution in [3.63, 3.8) is 0 Å². The molecule has 0 aliphatic heterocycles. The summed E-state index contributed by atoms with van der Waals surface area (Å²) in [4.78, 5) is 4.30. The van der Waals surface area contributed by atoms with Gasteiger partial charge in [-0.2, -0.15) is 0 Å². The molecule has 4 aromatic carbocycles. The molecule has 0 bridgehead atoms. The molecule has 0 radical (unpaired) electrons. The Balaban J connectivity index is 1.40. The number of hydrogen-bond donors (Lipinski definition) is 0. The van der Waals surface area contributed by atoms with Crippen molar-refractivity contribution in [2.24, 2.45) is 14.1 Å². The summed E-state index contributed by atoms with van der Waals surface area (Å²) in [7, 11) is 12.7. The predicted octanol–water partition coefficient (Wildman–Crippen LogP) is 8.40. The molecule has 2 unspecified atom stereocenters. The minimum Gasteiger partial charge on any atom is -0.379 e. The summed E-state index contributed by atoms with van der Waals surface area (Å²) < 4.78 is 11.6. The highest BCUT2D eigenvalue weighted by atomic mass is 16.5. The molecule has 0 aliphatic carbocycles. The molecule has 6 aromatic rings. The summed E-state index contributed by atoms with van der Waals surface area (Å²) in [5.74, 6) is 0.190. The number of fused-ring (bicyclic) bond motifs is 2. The quantitative estimate of drug-likeness (QED) is 0.158. The highest BCUT2D eigenvalue weighted by Gasteiger charge is 2.26. The lowest BCUT2D eigenvalue weighted by Crippen LogP contribution is -2.17. The van der Waals surface area contributed by atoms with Gasteiger partial charge in [0.25, 0.3) is 0 Å². The molecule has 2 heterocycles. The maximum atomic E-state index is 6.92. The van der Waals surface area contributed by atoms with Crippen LogP contribution in [0.3, 0.4) is 0 Å². The summed E-state index contributed by atoms with van der Waals surface area (Å²) in [6, 6.07) is 35.5. The lowest BCUT2D eigenvalue weighted by molar-refractivity contribution is 0.121. The molecule has 0 saturated carbocycles. The number of para-hydroxylation sites is 2. The Bertz CT molecular complexity index is 1780. The van der Waals surface area contributed by atoms with Crippen LogP contribution in [0.4, 0.5) is 11.4 Å². The van der Waals surface area contributed by atoms with E-state index in [1.54, 1.807) is 0 Å². The van der Waals surface area contributed by atoms with Gasteiger partial charge in [0, 0.05) is 98.7 Å². The second kappa shape index (κ2) is 12.5.